The molecule has 0 atom stereocenters. The minimum atomic E-state index is -0.117. The minimum absolute atomic E-state index is 0.117. The van der Waals surface area contributed by atoms with Crippen molar-refractivity contribution in [2.45, 2.75) is 19.4 Å². The molecule has 0 aliphatic carbocycles. The summed E-state index contributed by atoms with van der Waals surface area (Å²) in [7, 11) is 0. The van der Waals surface area contributed by atoms with E-state index >= 15 is 0 Å². The molecule has 25 heavy (non-hydrogen) atoms. The fourth-order valence-corrected chi connectivity index (χ4v) is 3.41. The number of carbonyl (C=O) groups is 1. The van der Waals surface area contributed by atoms with E-state index < -0.39 is 0 Å². The highest BCUT2D eigenvalue weighted by atomic mass is 32.1. The van der Waals surface area contributed by atoms with Gasteiger partial charge in [-0.3, -0.25) is 0 Å². The monoisotopic (exact) mass is 350 g/mol. The van der Waals surface area contributed by atoms with Gasteiger partial charge in [0, 0.05) is 13.1 Å². The molecule has 0 aliphatic rings. The number of carbonyl (C=O) groups excluding carboxylic acids is 1. The van der Waals surface area contributed by atoms with Crippen LogP contribution in [0, 0.1) is 0 Å². The standard InChI is InChI=1S/C21H22N2OS/c24-21(22-13-6-9-17-7-2-1-3-8-17)23-15-18-10-4-5-11-20(18)19-12-14-25-16-19/h1-5,7-8,10-12,14,16H,6,9,13,15H2,(H2,22,23,24). The Bertz CT molecular complexity index is 785. The Morgan fingerprint density at radius 3 is 2.52 bits per heavy atom. The molecule has 0 saturated heterocycles. The molecule has 3 aromatic rings. The first-order chi connectivity index (χ1) is 12.3. The van der Waals surface area contributed by atoms with E-state index in [1.165, 1.54) is 16.7 Å². The highest BCUT2D eigenvalue weighted by Crippen LogP contribution is 2.25. The molecule has 2 amide bonds. The number of amides is 2. The maximum Gasteiger partial charge on any atom is 0.315 e. The van der Waals surface area contributed by atoms with Crippen molar-refractivity contribution in [1.29, 1.82) is 0 Å². The molecule has 1 heterocycles. The van der Waals surface area contributed by atoms with E-state index in [-0.39, 0.29) is 6.03 Å². The van der Waals surface area contributed by atoms with Gasteiger partial charge in [0.05, 0.1) is 0 Å². The van der Waals surface area contributed by atoms with E-state index in [4.69, 9.17) is 0 Å². The van der Waals surface area contributed by atoms with Crippen molar-refractivity contribution < 1.29 is 4.79 Å². The zero-order chi connectivity index (χ0) is 17.3. The van der Waals surface area contributed by atoms with Gasteiger partial charge < -0.3 is 10.6 Å². The number of urea groups is 1. The molecule has 2 aromatic carbocycles. The number of benzene rings is 2. The first-order valence-electron chi connectivity index (χ1n) is 8.49. The topological polar surface area (TPSA) is 41.1 Å². The van der Waals surface area contributed by atoms with Gasteiger partial charge in [-0.1, -0.05) is 54.6 Å². The molecule has 0 fully saturated rings. The van der Waals surface area contributed by atoms with Gasteiger partial charge in [-0.05, 0) is 51.9 Å². The van der Waals surface area contributed by atoms with E-state index in [0.29, 0.717) is 13.1 Å². The maximum atomic E-state index is 12.0. The second-order valence-electron chi connectivity index (χ2n) is 5.87. The van der Waals surface area contributed by atoms with Crippen molar-refractivity contribution in [3.63, 3.8) is 0 Å². The fourth-order valence-electron chi connectivity index (χ4n) is 2.75. The Balaban J connectivity index is 1.44. The van der Waals surface area contributed by atoms with Gasteiger partial charge in [-0.25, -0.2) is 4.79 Å². The van der Waals surface area contributed by atoms with Gasteiger partial charge in [0.25, 0.3) is 0 Å². The number of hydrogen-bond acceptors (Lipinski definition) is 2. The Kier molecular flexibility index (Phi) is 6.23. The molecule has 0 saturated carbocycles. The van der Waals surface area contributed by atoms with Crippen LogP contribution in [0.5, 0.6) is 0 Å². The third kappa shape index (κ3) is 5.19. The Morgan fingerprint density at radius 2 is 1.72 bits per heavy atom. The molecule has 0 aliphatic heterocycles. The molecule has 0 spiro atoms. The summed E-state index contributed by atoms with van der Waals surface area (Å²) < 4.78 is 0. The van der Waals surface area contributed by atoms with Crippen LogP contribution in [0.4, 0.5) is 4.79 Å². The third-order valence-electron chi connectivity index (χ3n) is 4.06. The van der Waals surface area contributed by atoms with Crippen molar-refractivity contribution in [3.8, 4) is 11.1 Å². The lowest BCUT2D eigenvalue weighted by atomic mass is 10.0. The minimum Gasteiger partial charge on any atom is -0.338 e. The molecule has 3 rings (SSSR count). The lowest BCUT2D eigenvalue weighted by Gasteiger charge is -2.11. The van der Waals surface area contributed by atoms with Crippen LogP contribution in [0.2, 0.25) is 0 Å². The number of hydrogen-bond donors (Lipinski definition) is 2. The Morgan fingerprint density at radius 1 is 0.920 bits per heavy atom. The summed E-state index contributed by atoms with van der Waals surface area (Å²) in [4.78, 5) is 12.0. The number of nitrogens with one attached hydrogen (secondary N) is 2. The summed E-state index contributed by atoms with van der Waals surface area (Å²) in [5.41, 5.74) is 4.80. The van der Waals surface area contributed by atoms with Crippen LogP contribution in [0.25, 0.3) is 11.1 Å². The van der Waals surface area contributed by atoms with E-state index in [1.54, 1.807) is 11.3 Å². The molecule has 128 valence electrons. The van der Waals surface area contributed by atoms with Crippen molar-refractivity contribution in [2.75, 3.05) is 6.54 Å². The van der Waals surface area contributed by atoms with Crippen LogP contribution in [-0.2, 0) is 13.0 Å². The molecule has 0 bridgehead atoms. The number of aryl methyl sites for hydroxylation is 1. The zero-order valence-electron chi connectivity index (χ0n) is 14.1. The summed E-state index contributed by atoms with van der Waals surface area (Å²) in [6.45, 7) is 1.20. The Hall–Kier alpha value is -2.59. The number of thiophene rings is 1. The average Bonchev–Trinajstić information content (AvgIpc) is 3.19. The predicted molar refractivity (Wildman–Crippen MR) is 105 cm³/mol. The zero-order valence-corrected chi connectivity index (χ0v) is 14.9. The SMILES string of the molecule is O=C(NCCCc1ccccc1)NCc1ccccc1-c1ccsc1. The van der Waals surface area contributed by atoms with E-state index in [0.717, 1.165) is 18.4 Å². The fraction of sp³-hybridized carbons (Fsp3) is 0.190. The molecule has 0 unspecified atom stereocenters. The van der Waals surface area contributed by atoms with Gasteiger partial charge in [-0.2, -0.15) is 11.3 Å². The van der Waals surface area contributed by atoms with Crippen molar-refractivity contribution >= 4 is 17.4 Å². The van der Waals surface area contributed by atoms with Gasteiger partial charge in [-0.15, -0.1) is 0 Å². The highest BCUT2D eigenvalue weighted by Gasteiger charge is 2.06. The summed E-state index contributed by atoms with van der Waals surface area (Å²) in [5.74, 6) is 0. The lowest BCUT2D eigenvalue weighted by Crippen LogP contribution is -2.35. The molecule has 0 radical (unpaired) electrons. The molecular formula is C21H22N2OS. The summed E-state index contributed by atoms with van der Waals surface area (Å²) in [6, 6.07) is 20.5. The van der Waals surface area contributed by atoms with Crippen LogP contribution in [0.15, 0.2) is 71.4 Å². The van der Waals surface area contributed by atoms with Gasteiger partial charge in [0.2, 0.25) is 0 Å². The quantitative estimate of drug-likeness (QED) is 0.588. The van der Waals surface area contributed by atoms with Gasteiger partial charge >= 0.3 is 6.03 Å². The van der Waals surface area contributed by atoms with Crippen molar-refractivity contribution in [3.05, 3.63) is 82.6 Å². The third-order valence-corrected chi connectivity index (χ3v) is 4.74. The van der Waals surface area contributed by atoms with Gasteiger partial charge in [0.1, 0.15) is 0 Å². The number of rotatable bonds is 7. The summed E-state index contributed by atoms with van der Waals surface area (Å²) >= 11 is 1.68. The first kappa shape index (κ1) is 17.2. The summed E-state index contributed by atoms with van der Waals surface area (Å²) in [5, 5.41) is 10.1. The van der Waals surface area contributed by atoms with Gasteiger partial charge in [0.15, 0.2) is 0 Å². The van der Waals surface area contributed by atoms with Crippen LogP contribution in [0.3, 0.4) is 0 Å². The highest BCUT2D eigenvalue weighted by molar-refractivity contribution is 7.08. The normalized spacial score (nSPS) is 10.4. The molecular weight excluding hydrogens is 328 g/mol. The molecule has 3 nitrogen and oxygen atoms in total. The van der Waals surface area contributed by atoms with Crippen molar-refractivity contribution in [2.24, 2.45) is 0 Å². The molecule has 1 aromatic heterocycles. The van der Waals surface area contributed by atoms with E-state index in [1.807, 2.05) is 30.3 Å². The predicted octanol–water partition coefficient (Wildman–Crippen LogP) is 4.85. The van der Waals surface area contributed by atoms with Crippen LogP contribution < -0.4 is 10.6 Å². The van der Waals surface area contributed by atoms with E-state index in [2.05, 4.69) is 51.7 Å². The summed E-state index contributed by atoms with van der Waals surface area (Å²) in [6.07, 6.45) is 1.91. The first-order valence-corrected chi connectivity index (χ1v) is 9.43. The lowest BCUT2D eigenvalue weighted by molar-refractivity contribution is 0.240. The average molecular weight is 350 g/mol. The van der Waals surface area contributed by atoms with Crippen molar-refractivity contribution in [1.82, 2.24) is 10.6 Å². The van der Waals surface area contributed by atoms with Crippen LogP contribution in [0.1, 0.15) is 17.5 Å². The Labute approximate surface area is 152 Å². The molecule has 2 N–H and O–H groups in total. The van der Waals surface area contributed by atoms with E-state index in [9.17, 15) is 4.79 Å². The largest absolute Gasteiger partial charge is 0.338 e. The second kappa shape index (κ2) is 9.04. The van der Waals surface area contributed by atoms with Crippen LogP contribution in [-0.4, -0.2) is 12.6 Å². The molecule has 4 heteroatoms. The second-order valence-corrected chi connectivity index (χ2v) is 6.65. The van der Waals surface area contributed by atoms with Crippen LogP contribution >= 0.6 is 11.3 Å². The maximum absolute atomic E-state index is 12.0. The smallest absolute Gasteiger partial charge is 0.315 e.